The van der Waals surface area contributed by atoms with E-state index in [0.717, 1.165) is 5.69 Å². The van der Waals surface area contributed by atoms with Crippen LogP contribution in [0.15, 0.2) is 12.4 Å². The average Bonchev–Trinajstić information content (AvgIpc) is 2.45. The molecule has 17 heavy (non-hydrogen) atoms. The Labute approximate surface area is 99.5 Å². The number of hydrogen-bond acceptors (Lipinski definition) is 4. The van der Waals surface area contributed by atoms with Crippen LogP contribution in [0, 0.1) is 0 Å². The van der Waals surface area contributed by atoms with Crippen molar-refractivity contribution in [1.82, 2.24) is 9.97 Å². The fourth-order valence-electron chi connectivity index (χ4n) is 2.56. The van der Waals surface area contributed by atoms with E-state index in [1.807, 2.05) is 13.8 Å². The molecule has 5 nitrogen and oxygen atoms in total. The molecular formula is C12H15N3O2. The van der Waals surface area contributed by atoms with Crippen LogP contribution in [0.3, 0.4) is 0 Å². The van der Waals surface area contributed by atoms with Gasteiger partial charge in [-0.15, -0.1) is 0 Å². The molecule has 0 atom stereocenters. The third-order valence-corrected chi connectivity index (χ3v) is 3.71. The summed E-state index contributed by atoms with van der Waals surface area (Å²) in [4.78, 5) is 22.7. The first-order chi connectivity index (χ1) is 8.01. The van der Waals surface area contributed by atoms with Gasteiger partial charge in [0.25, 0.3) is 0 Å². The van der Waals surface area contributed by atoms with E-state index in [0.29, 0.717) is 18.7 Å². The summed E-state index contributed by atoms with van der Waals surface area (Å²) in [6, 6.07) is 0.0784. The first-order valence-corrected chi connectivity index (χ1v) is 5.85. The summed E-state index contributed by atoms with van der Waals surface area (Å²) < 4.78 is 0. The van der Waals surface area contributed by atoms with Gasteiger partial charge < -0.3 is 5.11 Å². The second kappa shape index (κ2) is 3.26. The monoisotopic (exact) mass is 233 g/mol. The predicted molar refractivity (Wildman–Crippen MR) is 61.6 cm³/mol. The highest BCUT2D eigenvalue weighted by atomic mass is 16.3. The molecule has 1 N–H and O–H groups in total. The number of carbonyl (C=O) groups excluding carboxylic acids is 1. The molecular weight excluding hydrogens is 218 g/mol. The van der Waals surface area contributed by atoms with Gasteiger partial charge in [0.05, 0.1) is 17.2 Å². The van der Waals surface area contributed by atoms with Crippen molar-refractivity contribution >= 4 is 11.7 Å². The highest BCUT2D eigenvalue weighted by Gasteiger charge is 2.50. The molecule has 1 aromatic heterocycles. The van der Waals surface area contributed by atoms with Crippen molar-refractivity contribution < 1.29 is 9.90 Å². The first-order valence-electron chi connectivity index (χ1n) is 5.85. The maximum absolute atomic E-state index is 12.4. The second-order valence-corrected chi connectivity index (χ2v) is 5.31. The van der Waals surface area contributed by atoms with E-state index in [1.54, 1.807) is 17.3 Å². The summed E-state index contributed by atoms with van der Waals surface area (Å²) >= 11 is 0. The number of nitrogens with zero attached hydrogens (tertiary/aromatic N) is 3. The first kappa shape index (κ1) is 10.7. The van der Waals surface area contributed by atoms with Crippen molar-refractivity contribution in [3.05, 3.63) is 18.1 Å². The summed E-state index contributed by atoms with van der Waals surface area (Å²) in [7, 11) is 0. The van der Waals surface area contributed by atoms with Crippen LogP contribution in [0.5, 0.6) is 0 Å². The number of rotatable bonds is 1. The lowest BCUT2D eigenvalue weighted by Crippen LogP contribution is -2.51. The number of aliphatic hydroxyl groups is 1. The van der Waals surface area contributed by atoms with Gasteiger partial charge in [0.1, 0.15) is 0 Å². The Balaban J connectivity index is 2.04. The molecule has 1 aliphatic heterocycles. The third-order valence-electron chi connectivity index (χ3n) is 3.71. The predicted octanol–water partition coefficient (Wildman–Crippen LogP) is 0.624. The molecule has 3 rings (SSSR count). The molecule has 2 aliphatic rings. The molecule has 1 amide bonds. The van der Waals surface area contributed by atoms with Crippen LogP contribution >= 0.6 is 0 Å². The maximum Gasteiger partial charge on any atom is 0.240 e. The zero-order chi connectivity index (χ0) is 12.2. The molecule has 0 bridgehead atoms. The molecule has 5 heteroatoms. The van der Waals surface area contributed by atoms with Crippen LogP contribution < -0.4 is 4.90 Å². The van der Waals surface area contributed by atoms with Gasteiger partial charge in [0.15, 0.2) is 5.82 Å². The van der Waals surface area contributed by atoms with Crippen LogP contribution in [0.4, 0.5) is 5.82 Å². The normalized spacial score (nSPS) is 30.1. The van der Waals surface area contributed by atoms with E-state index < -0.39 is 5.41 Å². The van der Waals surface area contributed by atoms with Crippen LogP contribution in [0.1, 0.15) is 32.4 Å². The van der Waals surface area contributed by atoms with Crippen molar-refractivity contribution in [2.24, 2.45) is 0 Å². The van der Waals surface area contributed by atoms with Crippen molar-refractivity contribution in [1.29, 1.82) is 0 Å². The number of anilines is 1. The fourth-order valence-corrected chi connectivity index (χ4v) is 2.56. The lowest BCUT2D eigenvalue weighted by molar-refractivity contribution is -0.123. The Kier molecular flexibility index (Phi) is 2.04. The average molecular weight is 233 g/mol. The van der Waals surface area contributed by atoms with Crippen molar-refractivity contribution in [3.8, 4) is 0 Å². The van der Waals surface area contributed by atoms with Crippen molar-refractivity contribution in [2.45, 2.75) is 44.2 Å². The SMILES string of the molecule is CC1(C)C(=O)N(C2CC(O)C2)c2nccnc21. The van der Waals surface area contributed by atoms with Crippen molar-refractivity contribution in [2.75, 3.05) is 4.90 Å². The molecule has 0 aromatic carbocycles. The minimum atomic E-state index is -0.607. The van der Waals surface area contributed by atoms with Crippen LogP contribution in [-0.2, 0) is 10.2 Å². The van der Waals surface area contributed by atoms with Crippen molar-refractivity contribution in [3.63, 3.8) is 0 Å². The molecule has 0 spiro atoms. The minimum Gasteiger partial charge on any atom is -0.393 e. The van der Waals surface area contributed by atoms with Gasteiger partial charge in [-0.1, -0.05) is 0 Å². The molecule has 0 saturated heterocycles. The van der Waals surface area contributed by atoms with E-state index in [9.17, 15) is 9.90 Å². The fraction of sp³-hybridized carbons (Fsp3) is 0.583. The number of amides is 1. The molecule has 0 radical (unpaired) electrons. The van der Waals surface area contributed by atoms with Crippen LogP contribution in [-0.4, -0.2) is 33.1 Å². The summed E-state index contributed by atoms with van der Waals surface area (Å²) in [5.41, 5.74) is 0.135. The number of carbonyl (C=O) groups is 1. The topological polar surface area (TPSA) is 66.3 Å². The van der Waals surface area contributed by atoms with Crippen LogP contribution in [0.2, 0.25) is 0 Å². The second-order valence-electron chi connectivity index (χ2n) is 5.31. The van der Waals surface area contributed by atoms with Crippen LogP contribution in [0.25, 0.3) is 0 Å². The van der Waals surface area contributed by atoms with E-state index in [-0.39, 0.29) is 18.1 Å². The summed E-state index contributed by atoms with van der Waals surface area (Å²) in [5, 5.41) is 9.37. The molecule has 1 fully saturated rings. The molecule has 1 saturated carbocycles. The van der Waals surface area contributed by atoms with E-state index in [2.05, 4.69) is 9.97 Å². The number of hydrogen-bond donors (Lipinski definition) is 1. The maximum atomic E-state index is 12.4. The Morgan fingerprint density at radius 2 is 2.00 bits per heavy atom. The Morgan fingerprint density at radius 1 is 1.35 bits per heavy atom. The van der Waals surface area contributed by atoms with E-state index in [1.165, 1.54) is 0 Å². The van der Waals surface area contributed by atoms with Gasteiger partial charge in [0.2, 0.25) is 5.91 Å². The summed E-state index contributed by atoms with van der Waals surface area (Å²) in [5.74, 6) is 0.704. The number of aromatic nitrogens is 2. The Morgan fingerprint density at radius 3 is 2.65 bits per heavy atom. The smallest absolute Gasteiger partial charge is 0.240 e. The van der Waals surface area contributed by atoms with Gasteiger partial charge in [-0.25, -0.2) is 4.98 Å². The van der Waals surface area contributed by atoms with Gasteiger partial charge >= 0.3 is 0 Å². The summed E-state index contributed by atoms with van der Waals surface area (Å²) in [6.07, 6.45) is 4.22. The highest BCUT2D eigenvalue weighted by molar-refractivity contribution is 6.06. The van der Waals surface area contributed by atoms with Gasteiger partial charge in [0, 0.05) is 18.4 Å². The van der Waals surface area contributed by atoms with Gasteiger partial charge in [-0.05, 0) is 26.7 Å². The number of aliphatic hydroxyl groups excluding tert-OH is 1. The number of fused-ring (bicyclic) bond motifs is 1. The highest BCUT2D eigenvalue weighted by Crippen LogP contribution is 2.42. The minimum absolute atomic E-state index is 0.0376. The molecule has 90 valence electrons. The molecule has 0 unspecified atom stereocenters. The van der Waals surface area contributed by atoms with E-state index >= 15 is 0 Å². The molecule has 1 aliphatic carbocycles. The lowest BCUT2D eigenvalue weighted by Gasteiger charge is -2.38. The van der Waals surface area contributed by atoms with Gasteiger partial charge in [-0.3, -0.25) is 14.7 Å². The molecule has 2 heterocycles. The Bertz CT molecular complexity index is 480. The van der Waals surface area contributed by atoms with E-state index in [4.69, 9.17) is 0 Å². The summed E-state index contributed by atoms with van der Waals surface area (Å²) in [6.45, 7) is 3.75. The standard InChI is InChI=1S/C12H15N3O2/c1-12(2)9-10(14-4-3-13-9)15(11(12)17)7-5-8(16)6-7/h3-4,7-8,16H,5-6H2,1-2H3. The zero-order valence-electron chi connectivity index (χ0n) is 9.92. The van der Waals surface area contributed by atoms with Gasteiger partial charge in [-0.2, -0.15) is 0 Å². The molecule has 1 aromatic rings. The Hall–Kier alpha value is -1.49. The zero-order valence-corrected chi connectivity index (χ0v) is 9.92. The quantitative estimate of drug-likeness (QED) is 0.772. The lowest BCUT2D eigenvalue weighted by atomic mass is 9.87. The largest absolute Gasteiger partial charge is 0.393 e. The third kappa shape index (κ3) is 1.32.